The standard InChI is InChI=1S/C15H28N2O3/c1-4-20-13-11-12(15(13)7-5-6-8-15)17(2)14(18)16-9-10-19-3/h12-13H,4-11H2,1-3H3,(H,16,18)/t12-,13-/m0/s1. The summed E-state index contributed by atoms with van der Waals surface area (Å²) in [5.41, 5.74) is 0.212. The fourth-order valence-corrected chi connectivity index (χ4v) is 3.92. The molecule has 0 aromatic heterocycles. The minimum Gasteiger partial charge on any atom is -0.383 e. The van der Waals surface area contributed by atoms with Gasteiger partial charge in [-0.3, -0.25) is 0 Å². The number of amides is 2. The minimum atomic E-state index is 0.00766. The molecule has 2 saturated carbocycles. The number of carbonyl (C=O) groups is 1. The van der Waals surface area contributed by atoms with Gasteiger partial charge in [0.2, 0.25) is 0 Å². The molecular weight excluding hydrogens is 256 g/mol. The molecule has 0 aromatic rings. The van der Waals surface area contributed by atoms with E-state index in [1.165, 1.54) is 25.7 Å². The molecule has 1 spiro atoms. The fraction of sp³-hybridized carbons (Fsp3) is 0.933. The number of hydrogen-bond acceptors (Lipinski definition) is 3. The predicted octanol–water partition coefficient (Wildman–Crippen LogP) is 2.01. The molecule has 1 N–H and O–H groups in total. The van der Waals surface area contributed by atoms with Crippen molar-refractivity contribution < 1.29 is 14.3 Å². The van der Waals surface area contributed by atoms with Gasteiger partial charge in [-0.2, -0.15) is 0 Å². The summed E-state index contributed by atoms with van der Waals surface area (Å²) in [7, 11) is 3.55. The van der Waals surface area contributed by atoms with Crippen molar-refractivity contribution in [1.82, 2.24) is 10.2 Å². The summed E-state index contributed by atoms with van der Waals surface area (Å²) in [6.45, 7) is 3.94. The van der Waals surface area contributed by atoms with Gasteiger partial charge < -0.3 is 19.7 Å². The van der Waals surface area contributed by atoms with Crippen LogP contribution in [0.1, 0.15) is 39.0 Å². The predicted molar refractivity (Wildman–Crippen MR) is 77.8 cm³/mol. The van der Waals surface area contributed by atoms with Crippen LogP contribution in [0.4, 0.5) is 4.79 Å². The first kappa shape index (κ1) is 15.6. The summed E-state index contributed by atoms with van der Waals surface area (Å²) < 4.78 is 10.9. The second-order valence-corrected chi connectivity index (χ2v) is 5.97. The summed E-state index contributed by atoms with van der Waals surface area (Å²) in [5.74, 6) is 0. The quantitative estimate of drug-likeness (QED) is 0.759. The van der Waals surface area contributed by atoms with Crippen molar-refractivity contribution in [2.24, 2.45) is 5.41 Å². The maximum Gasteiger partial charge on any atom is 0.317 e. The van der Waals surface area contributed by atoms with Gasteiger partial charge in [-0.15, -0.1) is 0 Å². The van der Waals surface area contributed by atoms with E-state index in [1.807, 2.05) is 11.9 Å². The number of nitrogens with zero attached hydrogens (tertiary/aromatic N) is 1. The van der Waals surface area contributed by atoms with Crippen molar-refractivity contribution >= 4 is 6.03 Å². The first-order valence-corrected chi connectivity index (χ1v) is 7.77. The zero-order valence-electron chi connectivity index (χ0n) is 13.0. The first-order chi connectivity index (χ1) is 9.65. The normalized spacial score (nSPS) is 27.4. The van der Waals surface area contributed by atoms with Crippen molar-refractivity contribution in [3.8, 4) is 0 Å². The Labute approximate surface area is 122 Å². The Morgan fingerprint density at radius 3 is 2.70 bits per heavy atom. The molecule has 0 aliphatic heterocycles. The van der Waals surface area contributed by atoms with E-state index in [0.717, 1.165) is 13.0 Å². The Hall–Kier alpha value is -0.810. The second-order valence-electron chi connectivity index (χ2n) is 5.97. The van der Waals surface area contributed by atoms with E-state index in [-0.39, 0.29) is 11.4 Å². The van der Waals surface area contributed by atoms with Gasteiger partial charge in [-0.05, 0) is 26.2 Å². The zero-order chi connectivity index (χ0) is 14.6. The van der Waals surface area contributed by atoms with E-state index >= 15 is 0 Å². The lowest BCUT2D eigenvalue weighted by molar-refractivity contribution is -0.151. The summed E-state index contributed by atoms with van der Waals surface area (Å²) in [5, 5.41) is 2.91. The van der Waals surface area contributed by atoms with Crippen molar-refractivity contribution in [2.45, 2.75) is 51.2 Å². The highest BCUT2D eigenvalue weighted by molar-refractivity contribution is 5.74. The van der Waals surface area contributed by atoms with E-state index < -0.39 is 0 Å². The molecule has 2 aliphatic carbocycles. The average Bonchev–Trinajstić information content (AvgIpc) is 2.95. The zero-order valence-corrected chi connectivity index (χ0v) is 13.0. The second kappa shape index (κ2) is 6.76. The van der Waals surface area contributed by atoms with Crippen LogP contribution < -0.4 is 5.32 Å². The molecule has 0 radical (unpaired) electrons. The van der Waals surface area contributed by atoms with E-state index in [9.17, 15) is 4.79 Å². The van der Waals surface area contributed by atoms with E-state index in [4.69, 9.17) is 9.47 Å². The summed E-state index contributed by atoms with van der Waals surface area (Å²) >= 11 is 0. The Balaban J connectivity index is 1.92. The number of rotatable bonds is 6. The van der Waals surface area contributed by atoms with Crippen LogP contribution in [0.3, 0.4) is 0 Å². The van der Waals surface area contributed by atoms with Crippen molar-refractivity contribution in [2.75, 3.05) is 33.9 Å². The van der Waals surface area contributed by atoms with Crippen LogP contribution in [0.5, 0.6) is 0 Å². The van der Waals surface area contributed by atoms with E-state index in [2.05, 4.69) is 12.2 Å². The maximum atomic E-state index is 12.2. The van der Waals surface area contributed by atoms with Gasteiger partial charge in [0.05, 0.1) is 12.7 Å². The molecule has 2 fully saturated rings. The molecule has 2 rings (SSSR count). The summed E-state index contributed by atoms with van der Waals surface area (Å²) in [6.07, 6.45) is 6.23. The molecule has 2 atom stereocenters. The largest absolute Gasteiger partial charge is 0.383 e. The molecule has 116 valence electrons. The first-order valence-electron chi connectivity index (χ1n) is 7.77. The molecule has 2 amide bonds. The van der Waals surface area contributed by atoms with Gasteiger partial charge >= 0.3 is 6.03 Å². The number of nitrogens with one attached hydrogen (secondary N) is 1. The molecule has 5 heteroatoms. The third kappa shape index (κ3) is 2.79. The van der Waals surface area contributed by atoms with Crippen molar-refractivity contribution in [1.29, 1.82) is 0 Å². The lowest BCUT2D eigenvalue weighted by atomic mass is 9.60. The Kier molecular flexibility index (Phi) is 5.27. The third-order valence-corrected chi connectivity index (χ3v) is 5.01. The summed E-state index contributed by atoms with van der Waals surface area (Å²) in [4.78, 5) is 14.1. The Morgan fingerprint density at radius 1 is 1.40 bits per heavy atom. The number of methoxy groups -OCH3 is 1. The molecular formula is C15H28N2O3. The molecule has 0 aromatic carbocycles. The van der Waals surface area contributed by atoms with Crippen LogP contribution in [0, 0.1) is 5.41 Å². The van der Waals surface area contributed by atoms with Crippen LogP contribution in [0.15, 0.2) is 0 Å². The Morgan fingerprint density at radius 2 is 2.10 bits per heavy atom. The van der Waals surface area contributed by atoms with Gasteiger partial charge in [-0.25, -0.2) is 4.79 Å². The number of carbonyl (C=O) groups excluding carboxylic acids is 1. The third-order valence-electron chi connectivity index (χ3n) is 5.01. The molecule has 5 nitrogen and oxygen atoms in total. The molecule has 0 heterocycles. The average molecular weight is 284 g/mol. The lowest BCUT2D eigenvalue weighted by Gasteiger charge is -2.56. The fourth-order valence-electron chi connectivity index (χ4n) is 3.92. The van der Waals surface area contributed by atoms with Crippen LogP contribution in [0.2, 0.25) is 0 Å². The monoisotopic (exact) mass is 284 g/mol. The molecule has 20 heavy (non-hydrogen) atoms. The number of ether oxygens (including phenoxy) is 2. The van der Waals surface area contributed by atoms with Crippen LogP contribution in [-0.2, 0) is 9.47 Å². The maximum absolute atomic E-state index is 12.2. The highest BCUT2D eigenvalue weighted by Crippen LogP contribution is 2.56. The SMILES string of the molecule is CCO[C@H]1C[C@H](N(C)C(=O)NCCOC)C12CCCC2. The van der Waals surface area contributed by atoms with Crippen LogP contribution in [0.25, 0.3) is 0 Å². The number of urea groups is 1. The van der Waals surface area contributed by atoms with Crippen molar-refractivity contribution in [3.63, 3.8) is 0 Å². The summed E-state index contributed by atoms with van der Waals surface area (Å²) in [6, 6.07) is 0.331. The molecule has 2 aliphatic rings. The van der Waals surface area contributed by atoms with Gasteiger partial charge in [0, 0.05) is 38.8 Å². The van der Waals surface area contributed by atoms with Crippen LogP contribution in [-0.4, -0.2) is 57.0 Å². The smallest absolute Gasteiger partial charge is 0.317 e. The van der Waals surface area contributed by atoms with E-state index in [0.29, 0.717) is 25.3 Å². The van der Waals surface area contributed by atoms with Crippen LogP contribution >= 0.6 is 0 Å². The Bertz CT molecular complexity index is 329. The van der Waals surface area contributed by atoms with Gasteiger partial charge in [0.25, 0.3) is 0 Å². The van der Waals surface area contributed by atoms with Gasteiger partial charge in [-0.1, -0.05) is 12.8 Å². The van der Waals surface area contributed by atoms with Gasteiger partial charge in [0.1, 0.15) is 0 Å². The molecule has 0 saturated heterocycles. The highest BCUT2D eigenvalue weighted by atomic mass is 16.5. The highest BCUT2D eigenvalue weighted by Gasteiger charge is 2.58. The molecule has 0 unspecified atom stereocenters. The number of hydrogen-bond donors (Lipinski definition) is 1. The van der Waals surface area contributed by atoms with Crippen molar-refractivity contribution in [3.05, 3.63) is 0 Å². The topological polar surface area (TPSA) is 50.8 Å². The minimum absolute atomic E-state index is 0.00766. The van der Waals surface area contributed by atoms with E-state index in [1.54, 1.807) is 7.11 Å². The molecule has 0 bridgehead atoms. The lowest BCUT2D eigenvalue weighted by Crippen LogP contribution is -2.65. The van der Waals surface area contributed by atoms with Gasteiger partial charge in [0.15, 0.2) is 0 Å².